The van der Waals surface area contributed by atoms with Crippen molar-refractivity contribution in [3.63, 3.8) is 0 Å². The van der Waals surface area contributed by atoms with Crippen molar-refractivity contribution in [1.82, 2.24) is 5.32 Å². The van der Waals surface area contributed by atoms with Gasteiger partial charge in [0.1, 0.15) is 0 Å². The third-order valence-electron chi connectivity index (χ3n) is 1.78. The molecule has 0 bridgehead atoms. The Morgan fingerprint density at radius 2 is 1.86 bits per heavy atom. The molecule has 0 radical (unpaired) electrons. The molecule has 0 aliphatic heterocycles. The molecule has 0 spiro atoms. The van der Waals surface area contributed by atoms with E-state index >= 15 is 0 Å². The fourth-order valence-electron chi connectivity index (χ4n) is 0.962. The SMILES string of the molecule is CC.CNCCCCC(C[O-])CO.[K+]. The summed E-state index contributed by atoms with van der Waals surface area (Å²) in [7, 11) is 1.91. The van der Waals surface area contributed by atoms with Crippen molar-refractivity contribution in [2.24, 2.45) is 5.92 Å². The van der Waals surface area contributed by atoms with Crippen LogP contribution in [-0.2, 0) is 0 Å². The van der Waals surface area contributed by atoms with E-state index in [1.54, 1.807) is 0 Å². The molecule has 0 aromatic heterocycles. The summed E-state index contributed by atoms with van der Waals surface area (Å²) in [4.78, 5) is 0. The van der Waals surface area contributed by atoms with Crippen LogP contribution in [0.5, 0.6) is 0 Å². The quantitative estimate of drug-likeness (QED) is 0.371. The van der Waals surface area contributed by atoms with Crippen LogP contribution in [0, 0.1) is 5.92 Å². The second kappa shape index (κ2) is 20.0. The first kappa shape index (κ1) is 20.9. The van der Waals surface area contributed by atoms with Crippen molar-refractivity contribution in [3.05, 3.63) is 0 Å². The van der Waals surface area contributed by atoms with E-state index in [0.29, 0.717) is 0 Å². The van der Waals surface area contributed by atoms with E-state index in [2.05, 4.69) is 5.32 Å². The molecule has 0 aromatic rings. The van der Waals surface area contributed by atoms with Gasteiger partial charge >= 0.3 is 51.4 Å². The maximum absolute atomic E-state index is 10.3. The molecule has 82 valence electrons. The molecule has 0 aliphatic carbocycles. The molecule has 0 fully saturated rings. The fourth-order valence-corrected chi connectivity index (χ4v) is 0.962. The first-order valence-electron chi connectivity index (χ1n) is 5.18. The van der Waals surface area contributed by atoms with Crippen LogP contribution in [-0.4, -0.2) is 31.9 Å². The molecule has 0 heterocycles. The van der Waals surface area contributed by atoms with Crippen molar-refractivity contribution in [3.8, 4) is 0 Å². The zero-order valence-electron chi connectivity index (χ0n) is 10.2. The van der Waals surface area contributed by atoms with E-state index in [1.165, 1.54) is 0 Å². The van der Waals surface area contributed by atoms with E-state index in [1.807, 2.05) is 20.9 Å². The van der Waals surface area contributed by atoms with Crippen LogP contribution in [0.15, 0.2) is 0 Å². The van der Waals surface area contributed by atoms with E-state index in [0.717, 1.165) is 25.8 Å². The largest absolute Gasteiger partial charge is 1.00 e. The molecule has 14 heavy (non-hydrogen) atoms. The maximum atomic E-state index is 10.3. The van der Waals surface area contributed by atoms with Crippen LogP contribution < -0.4 is 61.8 Å². The molecule has 0 aliphatic rings. The predicted molar refractivity (Wildman–Crippen MR) is 54.6 cm³/mol. The molecule has 0 rings (SSSR count). The average Bonchev–Trinajstić information content (AvgIpc) is 2.21. The summed E-state index contributed by atoms with van der Waals surface area (Å²) in [5, 5.41) is 22.1. The summed E-state index contributed by atoms with van der Waals surface area (Å²) in [5.74, 6) is -0.0214. The van der Waals surface area contributed by atoms with Crippen LogP contribution in [0.2, 0.25) is 0 Å². The van der Waals surface area contributed by atoms with Gasteiger partial charge in [0.25, 0.3) is 0 Å². The Kier molecular flexibility index (Phi) is 29.8. The minimum Gasteiger partial charge on any atom is -0.854 e. The molecular formula is C10H24KNO2. The Bertz CT molecular complexity index is 80.5. The number of aliphatic hydroxyl groups is 1. The Morgan fingerprint density at radius 3 is 2.21 bits per heavy atom. The van der Waals surface area contributed by atoms with Crippen LogP contribution in [0.4, 0.5) is 0 Å². The second-order valence-corrected chi connectivity index (χ2v) is 2.81. The number of unbranched alkanes of at least 4 members (excludes halogenated alkanes) is 1. The summed E-state index contributed by atoms with van der Waals surface area (Å²) in [6, 6.07) is 0. The normalized spacial score (nSPS) is 10.9. The van der Waals surface area contributed by atoms with Crippen LogP contribution in [0.1, 0.15) is 33.1 Å². The van der Waals surface area contributed by atoms with Gasteiger partial charge in [-0.15, -0.1) is 6.61 Å². The summed E-state index contributed by atoms with van der Waals surface area (Å²) >= 11 is 0. The van der Waals surface area contributed by atoms with Crippen molar-refractivity contribution >= 4 is 0 Å². The third kappa shape index (κ3) is 16.0. The van der Waals surface area contributed by atoms with Gasteiger partial charge in [0.15, 0.2) is 0 Å². The van der Waals surface area contributed by atoms with Crippen LogP contribution >= 0.6 is 0 Å². The van der Waals surface area contributed by atoms with E-state index in [-0.39, 0.29) is 70.5 Å². The van der Waals surface area contributed by atoms with Gasteiger partial charge in [-0.1, -0.05) is 20.3 Å². The number of aliphatic hydroxyl groups excluding tert-OH is 1. The van der Waals surface area contributed by atoms with Gasteiger partial charge in [-0.3, -0.25) is 0 Å². The molecule has 1 unspecified atom stereocenters. The predicted octanol–water partition coefficient (Wildman–Crippen LogP) is -2.62. The molecule has 2 N–H and O–H groups in total. The van der Waals surface area contributed by atoms with E-state index in [4.69, 9.17) is 5.11 Å². The standard InChI is InChI=1S/C8H18NO2.C2H6.K/c1-9-5-3-2-4-8(6-10)7-11;1-2;/h8-10H,2-7H2,1H3;1-2H3;/q-1;;+1. The molecular weight excluding hydrogens is 205 g/mol. The molecule has 3 nitrogen and oxygen atoms in total. The number of hydrogen-bond acceptors (Lipinski definition) is 3. The van der Waals surface area contributed by atoms with E-state index < -0.39 is 0 Å². The van der Waals surface area contributed by atoms with Gasteiger partial charge < -0.3 is 15.5 Å². The minimum absolute atomic E-state index is 0. The van der Waals surface area contributed by atoms with Crippen molar-refractivity contribution in [1.29, 1.82) is 0 Å². The fraction of sp³-hybridized carbons (Fsp3) is 1.00. The van der Waals surface area contributed by atoms with Crippen LogP contribution in [0.25, 0.3) is 0 Å². The van der Waals surface area contributed by atoms with Gasteiger partial charge in [-0.05, 0) is 32.4 Å². The minimum atomic E-state index is -0.143. The van der Waals surface area contributed by atoms with Crippen LogP contribution in [0.3, 0.4) is 0 Å². The number of nitrogens with one attached hydrogen (secondary N) is 1. The Balaban J connectivity index is -0.000000376. The summed E-state index contributed by atoms with van der Waals surface area (Å²) < 4.78 is 0. The molecule has 0 saturated carbocycles. The summed E-state index contributed by atoms with van der Waals surface area (Å²) in [6.07, 6.45) is 2.99. The van der Waals surface area contributed by atoms with Crippen molar-refractivity contribution in [2.45, 2.75) is 33.1 Å². The second-order valence-electron chi connectivity index (χ2n) is 2.81. The first-order valence-corrected chi connectivity index (χ1v) is 5.18. The maximum Gasteiger partial charge on any atom is 1.00 e. The zero-order valence-corrected chi connectivity index (χ0v) is 13.3. The van der Waals surface area contributed by atoms with Gasteiger partial charge in [0, 0.05) is 6.61 Å². The average molecular weight is 229 g/mol. The molecule has 4 heteroatoms. The number of rotatable bonds is 7. The summed E-state index contributed by atoms with van der Waals surface area (Å²) in [6.45, 7) is 4.90. The monoisotopic (exact) mass is 229 g/mol. The van der Waals surface area contributed by atoms with Gasteiger partial charge in [0.2, 0.25) is 0 Å². The van der Waals surface area contributed by atoms with Gasteiger partial charge in [-0.2, -0.15) is 0 Å². The van der Waals surface area contributed by atoms with Crippen molar-refractivity contribution < 1.29 is 61.6 Å². The Morgan fingerprint density at radius 1 is 1.29 bits per heavy atom. The third-order valence-corrected chi connectivity index (χ3v) is 1.78. The van der Waals surface area contributed by atoms with E-state index in [9.17, 15) is 5.11 Å². The smallest absolute Gasteiger partial charge is 0.854 e. The zero-order chi connectivity index (χ0) is 10.5. The van der Waals surface area contributed by atoms with Gasteiger partial charge in [-0.25, -0.2) is 0 Å². The Labute approximate surface area is 131 Å². The molecule has 0 amide bonds. The first-order chi connectivity index (χ1) is 6.35. The topological polar surface area (TPSA) is 55.3 Å². The molecule has 0 saturated heterocycles. The summed E-state index contributed by atoms with van der Waals surface area (Å²) in [5.41, 5.74) is 0. The Hall–Kier alpha value is 1.52. The molecule has 0 aromatic carbocycles. The van der Waals surface area contributed by atoms with Crippen molar-refractivity contribution in [2.75, 3.05) is 26.8 Å². The van der Waals surface area contributed by atoms with Gasteiger partial charge in [0.05, 0.1) is 0 Å². The molecule has 1 atom stereocenters. The number of hydrogen-bond donors (Lipinski definition) is 2.